The quantitative estimate of drug-likeness (QED) is 0.304. The summed E-state index contributed by atoms with van der Waals surface area (Å²) >= 11 is 6.80. The van der Waals surface area contributed by atoms with Crippen molar-refractivity contribution in [2.24, 2.45) is 7.05 Å². The molecule has 6 rings (SSSR count). The molecule has 1 N–H and O–H groups in total. The van der Waals surface area contributed by atoms with Gasteiger partial charge in [0.2, 0.25) is 5.95 Å². The Hall–Kier alpha value is -3.77. The van der Waals surface area contributed by atoms with E-state index in [0.29, 0.717) is 51.5 Å². The van der Waals surface area contributed by atoms with Crippen molar-refractivity contribution in [2.75, 3.05) is 31.6 Å². The van der Waals surface area contributed by atoms with Crippen LogP contribution in [-0.2, 0) is 12.5 Å². The Morgan fingerprint density at radius 2 is 2.05 bits per heavy atom. The van der Waals surface area contributed by atoms with Gasteiger partial charge in [0.25, 0.3) is 0 Å². The van der Waals surface area contributed by atoms with Crippen LogP contribution in [0, 0.1) is 0 Å². The van der Waals surface area contributed by atoms with E-state index in [1.807, 2.05) is 11.6 Å². The van der Waals surface area contributed by atoms with Gasteiger partial charge in [0.05, 0.1) is 24.6 Å². The van der Waals surface area contributed by atoms with Gasteiger partial charge < -0.3 is 14.6 Å². The number of ether oxygens (including phenoxy) is 1. The fourth-order valence-electron chi connectivity index (χ4n) is 5.05. The lowest BCUT2D eigenvalue weighted by atomic mass is 9.91. The number of hydrogen-bond acceptors (Lipinski definition) is 8. The van der Waals surface area contributed by atoms with Crippen LogP contribution < -0.4 is 10.1 Å². The van der Waals surface area contributed by atoms with Crippen LogP contribution in [0.2, 0.25) is 5.02 Å². The van der Waals surface area contributed by atoms with Gasteiger partial charge in [0.1, 0.15) is 22.7 Å². The van der Waals surface area contributed by atoms with Gasteiger partial charge >= 0.3 is 0 Å². The molecule has 11 nitrogen and oxygen atoms in total. The number of imidazole rings is 1. The Kier molecular flexibility index (Phi) is 6.38. The number of nitrogens with zero attached hydrogens (tertiary/aromatic N) is 9. The van der Waals surface area contributed by atoms with E-state index < -0.39 is 0 Å². The summed E-state index contributed by atoms with van der Waals surface area (Å²) in [7, 11) is 1.86. The summed E-state index contributed by atoms with van der Waals surface area (Å²) in [5, 5.41) is 12.9. The zero-order chi connectivity index (χ0) is 27.3. The molecule has 0 amide bonds. The molecule has 1 atom stereocenters. The molecule has 1 fully saturated rings. The molecule has 204 valence electrons. The lowest BCUT2D eigenvalue weighted by molar-refractivity contribution is 0.282. The summed E-state index contributed by atoms with van der Waals surface area (Å²) < 4.78 is 24.6. The highest BCUT2D eigenvalue weighted by Crippen LogP contribution is 2.37. The first-order valence-electron chi connectivity index (χ1n) is 12.8. The van der Waals surface area contributed by atoms with Gasteiger partial charge in [-0.05, 0) is 6.42 Å². The first-order chi connectivity index (χ1) is 18.7. The molecule has 0 aromatic carbocycles. The maximum Gasteiger partial charge on any atom is 0.210 e. The van der Waals surface area contributed by atoms with Crippen LogP contribution in [0.15, 0.2) is 37.1 Å². The highest BCUT2D eigenvalue weighted by Gasteiger charge is 2.30. The van der Waals surface area contributed by atoms with E-state index in [9.17, 15) is 4.39 Å². The first-order valence-corrected chi connectivity index (χ1v) is 13.2. The largest absolute Gasteiger partial charge is 0.450 e. The summed E-state index contributed by atoms with van der Waals surface area (Å²) in [6.07, 6.45) is 9.15. The molecule has 5 aromatic heterocycles. The maximum atomic E-state index is 12.9. The minimum atomic E-state index is -0.336. The monoisotopic (exact) mass is 552 g/mol. The molecule has 39 heavy (non-hydrogen) atoms. The number of pyridine rings is 1. The normalized spacial score (nSPS) is 16.5. The zero-order valence-electron chi connectivity index (χ0n) is 22.3. The number of anilines is 2. The van der Waals surface area contributed by atoms with Gasteiger partial charge in [-0.1, -0.05) is 32.4 Å². The summed E-state index contributed by atoms with van der Waals surface area (Å²) in [6, 6.07) is 2.24. The van der Waals surface area contributed by atoms with E-state index >= 15 is 0 Å². The molecule has 1 saturated heterocycles. The van der Waals surface area contributed by atoms with E-state index in [0.717, 1.165) is 25.2 Å². The van der Waals surface area contributed by atoms with Gasteiger partial charge in [0, 0.05) is 56.3 Å². The van der Waals surface area contributed by atoms with Crippen LogP contribution in [0.1, 0.15) is 38.9 Å². The fraction of sp³-hybridized carbons (Fsp3) is 0.423. The number of likely N-dealkylation sites (tertiary alicyclic amines) is 1. The Morgan fingerprint density at radius 1 is 1.21 bits per heavy atom. The predicted octanol–water partition coefficient (Wildman–Crippen LogP) is 4.91. The number of fused-ring (bicyclic) bond motifs is 2. The highest BCUT2D eigenvalue weighted by molar-refractivity contribution is 6.36. The molecule has 0 aliphatic carbocycles. The molecule has 1 aliphatic rings. The molecule has 1 aliphatic heterocycles. The zero-order valence-corrected chi connectivity index (χ0v) is 23.0. The Morgan fingerprint density at radius 3 is 2.85 bits per heavy atom. The molecular weight excluding hydrogens is 523 g/mol. The van der Waals surface area contributed by atoms with Gasteiger partial charge in [-0.15, -0.1) is 0 Å². The van der Waals surface area contributed by atoms with Crippen LogP contribution in [0.4, 0.5) is 16.2 Å². The number of alkyl halides is 1. The molecule has 5 aromatic rings. The van der Waals surface area contributed by atoms with Gasteiger partial charge in [-0.2, -0.15) is 15.2 Å². The summed E-state index contributed by atoms with van der Waals surface area (Å²) in [4.78, 5) is 15.4. The number of halogens is 2. The molecule has 0 spiro atoms. The standard InChI is InChI=1S/C26H30ClFN10O/c1-26(2,3)20-11-21(34-38(20)16-5-8-36(15-16)9-6-28)32-25-33-24-23(35(25)4)22(27)19(13-30-24)39-18-14-31-37-10-7-29-12-17(18)37/h7,10-14,16H,5-6,8-9,15H2,1-4H3,(H,30,32,33,34)/t16-/m1/s1. The van der Waals surface area contributed by atoms with Crippen molar-refractivity contribution in [1.82, 2.24) is 43.8 Å². The van der Waals surface area contributed by atoms with Crippen LogP contribution in [0.5, 0.6) is 11.5 Å². The van der Waals surface area contributed by atoms with E-state index in [1.54, 1.807) is 35.5 Å². The maximum absolute atomic E-state index is 12.9. The second kappa shape index (κ2) is 9.76. The van der Waals surface area contributed by atoms with E-state index in [4.69, 9.17) is 21.4 Å². The Balaban J connectivity index is 1.30. The van der Waals surface area contributed by atoms with Crippen molar-refractivity contribution in [3.63, 3.8) is 0 Å². The molecule has 0 radical (unpaired) electrons. The second-order valence-corrected chi connectivity index (χ2v) is 11.2. The van der Waals surface area contributed by atoms with Gasteiger partial charge in [0.15, 0.2) is 23.0 Å². The Labute approximate surface area is 229 Å². The number of rotatable bonds is 7. The third kappa shape index (κ3) is 4.67. The average molecular weight is 553 g/mol. The minimum absolute atomic E-state index is 0.127. The van der Waals surface area contributed by atoms with Crippen molar-refractivity contribution in [3.8, 4) is 11.5 Å². The predicted molar refractivity (Wildman–Crippen MR) is 147 cm³/mol. The number of hydrogen-bond donors (Lipinski definition) is 1. The number of aromatic nitrogens is 8. The van der Waals surface area contributed by atoms with Gasteiger partial charge in [-0.25, -0.2) is 13.9 Å². The third-order valence-electron chi connectivity index (χ3n) is 7.05. The van der Waals surface area contributed by atoms with E-state index in [2.05, 4.69) is 61.8 Å². The highest BCUT2D eigenvalue weighted by atomic mass is 35.5. The number of aryl methyl sites for hydroxylation is 1. The molecule has 0 unspecified atom stereocenters. The van der Waals surface area contributed by atoms with Gasteiger partial charge in [-0.3, -0.25) is 14.6 Å². The van der Waals surface area contributed by atoms with Crippen molar-refractivity contribution < 1.29 is 9.13 Å². The molecule has 13 heteroatoms. The van der Waals surface area contributed by atoms with Crippen LogP contribution in [-0.4, -0.2) is 70.1 Å². The minimum Gasteiger partial charge on any atom is -0.450 e. The topological polar surface area (TPSA) is 103 Å². The smallest absolute Gasteiger partial charge is 0.210 e. The average Bonchev–Trinajstić information content (AvgIpc) is 3.68. The summed E-state index contributed by atoms with van der Waals surface area (Å²) in [5.41, 5.74) is 2.79. The first kappa shape index (κ1) is 25.5. The van der Waals surface area contributed by atoms with Crippen LogP contribution >= 0.6 is 11.6 Å². The van der Waals surface area contributed by atoms with Crippen molar-refractivity contribution in [3.05, 3.63) is 47.8 Å². The fourth-order valence-corrected chi connectivity index (χ4v) is 5.35. The number of nitrogens with one attached hydrogen (secondary N) is 1. The Bertz CT molecular complexity index is 1650. The van der Waals surface area contributed by atoms with Crippen LogP contribution in [0.25, 0.3) is 16.7 Å². The van der Waals surface area contributed by atoms with Crippen molar-refractivity contribution in [1.29, 1.82) is 0 Å². The van der Waals surface area contributed by atoms with E-state index in [1.165, 1.54) is 0 Å². The molecule has 0 saturated carbocycles. The van der Waals surface area contributed by atoms with Crippen LogP contribution in [0.3, 0.4) is 0 Å². The second-order valence-electron chi connectivity index (χ2n) is 10.8. The van der Waals surface area contributed by atoms with Crippen molar-refractivity contribution in [2.45, 2.75) is 38.6 Å². The molecule has 0 bridgehead atoms. The summed E-state index contributed by atoms with van der Waals surface area (Å²) in [6.45, 7) is 8.27. The molecule has 6 heterocycles. The summed E-state index contributed by atoms with van der Waals surface area (Å²) in [5.74, 6) is 2.13. The lowest BCUT2D eigenvalue weighted by Crippen LogP contribution is -2.26. The third-order valence-corrected chi connectivity index (χ3v) is 7.42. The SMILES string of the molecule is Cn1c(Nc2cc(C(C)(C)C)n([C@@H]3CCN(CCF)C3)n2)nc2ncc(Oc3cnn4ccncc34)c(Cl)c21. The molecular formula is C26H30ClFN10O. The van der Waals surface area contributed by atoms with Crippen molar-refractivity contribution >= 4 is 40.0 Å². The van der Waals surface area contributed by atoms with E-state index in [-0.39, 0.29) is 18.1 Å². The lowest BCUT2D eigenvalue weighted by Gasteiger charge is -2.23.